The molecule has 0 aliphatic carbocycles. The van der Waals surface area contributed by atoms with Gasteiger partial charge in [0.1, 0.15) is 0 Å². The molecule has 1 saturated heterocycles. The molecule has 5 heteroatoms. The average Bonchev–Trinajstić information content (AvgIpc) is 2.77. The molecule has 1 aliphatic heterocycles. The Kier molecular flexibility index (Phi) is 6.46. The molecule has 2 atom stereocenters. The van der Waals surface area contributed by atoms with Gasteiger partial charge in [-0.2, -0.15) is 0 Å². The Bertz CT molecular complexity index is 258. The highest BCUT2D eigenvalue weighted by Crippen LogP contribution is 2.32. The van der Waals surface area contributed by atoms with Gasteiger partial charge < -0.3 is 9.84 Å². The highest BCUT2D eigenvalue weighted by atomic mass is 28.4. The lowest BCUT2D eigenvalue weighted by atomic mass is 9.92. The molecule has 0 aromatic heterocycles. The van der Waals surface area contributed by atoms with E-state index in [-0.39, 0.29) is 11.5 Å². The predicted octanol–water partition coefficient (Wildman–Crippen LogP) is 3.46. The molecule has 0 aromatic rings. The fourth-order valence-electron chi connectivity index (χ4n) is 2.62. The van der Waals surface area contributed by atoms with Gasteiger partial charge in [-0.1, -0.05) is 20.8 Å². The van der Waals surface area contributed by atoms with Crippen molar-refractivity contribution in [2.24, 2.45) is 5.92 Å². The van der Waals surface area contributed by atoms with Crippen molar-refractivity contribution >= 4 is 8.32 Å². The summed E-state index contributed by atoms with van der Waals surface area (Å²) in [5, 5.41) is 9.71. The number of ether oxygens (including phenoxy) is 1. The topological polar surface area (TPSA) is 47.9 Å². The van der Waals surface area contributed by atoms with Crippen LogP contribution in [0.5, 0.6) is 0 Å². The molecule has 114 valence electrons. The monoisotopic (exact) mass is 290 g/mol. The van der Waals surface area contributed by atoms with E-state index in [9.17, 15) is 5.11 Å². The Balaban J connectivity index is 2.49. The predicted molar refractivity (Wildman–Crippen MR) is 78.1 cm³/mol. The third kappa shape index (κ3) is 4.83. The van der Waals surface area contributed by atoms with Gasteiger partial charge in [0.2, 0.25) is 8.32 Å². The van der Waals surface area contributed by atoms with Crippen molar-refractivity contribution in [3.05, 3.63) is 0 Å². The largest absolute Gasteiger partial charge is 0.368 e. The van der Waals surface area contributed by atoms with Crippen molar-refractivity contribution in [3.63, 3.8) is 0 Å². The lowest BCUT2D eigenvalue weighted by molar-refractivity contribution is -0.298. The summed E-state index contributed by atoms with van der Waals surface area (Å²) in [5.74, 6) is 0.152. The van der Waals surface area contributed by atoms with E-state index >= 15 is 0 Å². The third-order valence-corrected chi connectivity index (χ3v) is 8.61. The zero-order chi connectivity index (χ0) is 14.5. The van der Waals surface area contributed by atoms with Crippen LogP contribution in [-0.2, 0) is 14.2 Å². The average molecular weight is 290 g/mol. The Morgan fingerprint density at radius 2 is 1.79 bits per heavy atom. The summed E-state index contributed by atoms with van der Waals surface area (Å²) in [5.41, 5.74) is -0.378. The minimum atomic E-state index is -1.72. The van der Waals surface area contributed by atoms with E-state index in [1.165, 1.54) is 0 Å². The quantitative estimate of drug-likeness (QED) is 0.422. The van der Waals surface area contributed by atoms with Gasteiger partial charge >= 0.3 is 0 Å². The molecule has 1 rings (SSSR count). The van der Waals surface area contributed by atoms with Gasteiger partial charge in [0.15, 0.2) is 6.29 Å². The van der Waals surface area contributed by atoms with Crippen molar-refractivity contribution in [2.75, 3.05) is 6.61 Å². The molecule has 1 aliphatic rings. The number of hydrogen-bond acceptors (Lipinski definition) is 4. The first kappa shape index (κ1) is 17.1. The molecule has 4 nitrogen and oxygen atoms in total. The first-order valence-corrected chi connectivity index (χ1v) is 10.1. The molecule has 0 radical (unpaired) electrons. The third-order valence-electron chi connectivity index (χ3n) is 4.31. The minimum absolute atomic E-state index is 0.152. The van der Waals surface area contributed by atoms with Crippen molar-refractivity contribution < 1.29 is 19.3 Å². The molecule has 0 aromatic carbocycles. The molecule has 0 amide bonds. The molecule has 0 unspecified atom stereocenters. The zero-order valence-corrected chi connectivity index (χ0v) is 14.1. The molecular formula is C14H30O4Si. The van der Waals surface area contributed by atoms with E-state index in [0.29, 0.717) is 6.61 Å². The van der Waals surface area contributed by atoms with Crippen LogP contribution >= 0.6 is 0 Å². The van der Waals surface area contributed by atoms with Crippen LogP contribution in [-0.4, -0.2) is 31.9 Å². The van der Waals surface area contributed by atoms with Crippen LogP contribution in [0.2, 0.25) is 18.1 Å². The number of hydrogen-bond donors (Lipinski definition) is 1. The Morgan fingerprint density at radius 3 is 2.21 bits per heavy atom. The van der Waals surface area contributed by atoms with Crippen LogP contribution in [0.3, 0.4) is 0 Å². The van der Waals surface area contributed by atoms with E-state index in [1.807, 2.05) is 13.8 Å². The van der Waals surface area contributed by atoms with Gasteiger partial charge in [-0.25, -0.2) is 4.89 Å². The standard InChI is InChI=1S/C14H30O4Si/c1-6-19(7-2,8-3)18-17-14(4,5)11-12-9-10-16-13(12)15/h12-13,15H,6-11H2,1-5H3/t12-,13+/m1/s1. The summed E-state index contributed by atoms with van der Waals surface area (Å²) in [4.78, 5) is 5.77. The number of aliphatic hydroxyl groups is 1. The molecule has 1 fully saturated rings. The van der Waals surface area contributed by atoms with Gasteiger partial charge in [0, 0.05) is 5.92 Å². The van der Waals surface area contributed by atoms with Crippen LogP contribution in [0.25, 0.3) is 0 Å². The molecule has 0 spiro atoms. The normalized spacial score (nSPS) is 24.9. The highest BCUT2D eigenvalue weighted by Gasteiger charge is 2.37. The van der Waals surface area contributed by atoms with Crippen molar-refractivity contribution in [2.45, 2.75) is 77.5 Å². The molecule has 19 heavy (non-hydrogen) atoms. The van der Waals surface area contributed by atoms with E-state index in [0.717, 1.165) is 31.0 Å². The molecule has 0 bridgehead atoms. The SMILES string of the molecule is CC[Si](CC)(CC)OOC(C)(C)C[C@H]1CCO[C@@H]1O. The first-order chi connectivity index (χ1) is 8.88. The summed E-state index contributed by atoms with van der Waals surface area (Å²) in [7, 11) is -1.72. The Morgan fingerprint density at radius 1 is 1.21 bits per heavy atom. The minimum Gasteiger partial charge on any atom is -0.368 e. The van der Waals surface area contributed by atoms with Crippen molar-refractivity contribution in [3.8, 4) is 0 Å². The van der Waals surface area contributed by atoms with Gasteiger partial charge in [0.25, 0.3) is 0 Å². The second-order valence-corrected chi connectivity index (χ2v) is 10.8. The molecule has 1 heterocycles. The van der Waals surface area contributed by atoms with Crippen LogP contribution < -0.4 is 0 Å². The zero-order valence-electron chi connectivity index (χ0n) is 13.1. The van der Waals surface area contributed by atoms with E-state index in [1.54, 1.807) is 0 Å². The van der Waals surface area contributed by atoms with Crippen LogP contribution in [0, 0.1) is 5.92 Å². The molecular weight excluding hydrogens is 260 g/mol. The summed E-state index contributed by atoms with van der Waals surface area (Å²) >= 11 is 0. The Labute approximate surface area is 118 Å². The first-order valence-electron chi connectivity index (χ1n) is 7.54. The maximum absolute atomic E-state index is 9.71. The van der Waals surface area contributed by atoms with Crippen LogP contribution in [0.15, 0.2) is 0 Å². The second-order valence-electron chi connectivity index (χ2n) is 6.18. The van der Waals surface area contributed by atoms with E-state index in [4.69, 9.17) is 14.2 Å². The van der Waals surface area contributed by atoms with Crippen molar-refractivity contribution in [1.82, 2.24) is 0 Å². The van der Waals surface area contributed by atoms with Crippen LogP contribution in [0.4, 0.5) is 0 Å². The van der Waals surface area contributed by atoms with Crippen molar-refractivity contribution in [1.29, 1.82) is 0 Å². The van der Waals surface area contributed by atoms with Gasteiger partial charge in [-0.15, -0.1) is 0 Å². The smallest absolute Gasteiger partial charge is 0.238 e. The van der Waals surface area contributed by atoms with E-state index < -0.39 is 14.6 Å². The summed E-state index contributed by atoms with van der Waals surface area (Å²) in [6.07, 6.45) is 1.01. The maximum Gasteiger partial charge on any atom is 0.238 e. The fraction of sp³-hybridized carbons (Fsp3) is 1.00. The lowest BCUT2D eigenvalue weighted by Crippen LogP contribution is -2.41. The number of rotatable bonds is 8. The summed E-state index contributed by atoms with van der Waals surface area (Å²) in [6.45, 7) is 11.2. The van der Waals surface area contributed by atoms with Crippen LogP contribution in [0.1, 0.15) is 47.5 Å². The van der Waals surface area contributed by atoms with Gasteiger partial charge in [-0.3, -0.25) is 4.58 Å². The highest BCUT2D eigenvalue weighted by molar-refractivity contribution is 6.73. The molecule has 1 N–H and O–H groups in total. The molecule has 0 saturated carbocycles. The summed E-state index contributed by atoms with van der Waals surface area (Å²) in [6, 6.07) is 3.22. The number of aliphatic hydroxyl groups excluding tert-OH is 1. The van der Waals surface area contributed by atoms with E-state index in [2.05, 4.69) is 20.8 Å². The van der Waals surface area contributed by atoms with Gasteiger partial charge in [0.05, 0.1) is 12.2 Å². The lowest BCUT2D eigenvalue weighted by Gasteiger charge is -2.33. The van der Waals surface area contributed by atoms with Gasteiger partial charge in [-0.05, 0) is 44.8 Å². The second kappa shape index (κ2) is 7.18. The Hall–Kier alpha value is 0.0569. The maximum atomic E-state index is 9.71. The summed E-state index contributed by atoms with van der Waals surface area (Å²) < 4.78 is 11.1. The fourth-order valence-corrected chi connectivity index (χ4v) is 4.87.